The van der Waals surface area contributed by atoms with Crippen LogP contribution in [-0.4, -0.2) is 33.4 Å². The molecule has 4 aromatic rings. The average Bonchev–Trinajstić information content (AvgIpc) is 2.86. The first-order chi connectivity index (χ1) is 16.7. The number of aliphatic carboxylic acids is 1. The van der Waals surface area contributed by atoms with Gasteiger partial charge in [-0.2, -0.15) is 0 Å². The lowest BCUT2D eigenvalue weighted by Gasteiger charge is -2.15. The Balaban J connectivity index is 1.41. The smallest absolute Gasteiger partial charge is 0.307 e. The van der Waals surface area contributed by atoms with Gasteiger partial charge in [-0.1, -0.05) is 55.8 Å². The number of carboxylic acids is 1. The van der Waals surface area contributed by atoms with Crippen molar-refractivity contribution in [3.05, 3.63) is 84.2 Å². The number of hydrogen-bond acceptors (Lipinski definition) is 5. The third-order valence-corrected chi connectivity index (χ3v) is 6.61. The molecule has 174 valence electrons. The molecule has 0 aliphatic heterocycles. The van der Waals surface area contributed by atoms with Crippen LogP contribution in [0.25, 0.3) is 22.2 Å². The van der Waals surface area contributed by atoms with E-state index in [0.717, 1.165) is 68.9 Å². The summed E-state index contributed by atoms with van der Waals surface area (Å²) >= 11 is 1.75. The highest BCUT2D eigenvalue weighted by molar-refractivity contribution is 7.99. The molecule has 0 aliphatic carbocycles. The standard InChI is InChI=1S/C28H28N2O3S/c1-2-7-23-25(33-16-6-17-34-22-12-10-20(11-13-22)18-26(31)32)15-14-24-27(29-19-30-28(23)24)21-8-4-3-5-9-21/h3-5,8-15,19H,2,6-7,16-18H2,1H3,(H,31,32). The van der Waals surface area contributed by atoms with E-state index < -0.39 is 5.97 Å². The number of carboxylic acid groups (broad SMARTS) is 1. The summed E-state index contributed by atoms with van der Waals surface area (Å²) in [5.74, 6) is 1.02. The van der Waals surface area contributed by atoms with Gasteiger partial charge < -0.3 is 9.84 Å². The molecular weight excluding hydrogens is 444 g/mol. The fraction of sp³-hybridized carbons (Fsp3) is 0.250. The van der Waals surface area contributed by atoms with E-state index in [1.165, 1.54) is 0 Å². The molecule has 6 heteroatoms. The third kappa shape index (κ3) is 5.94. The summed E-state index contributed by atoms with van der Waals surface area (Å²) < 4.78 is 6.21. The van der Waals surface area contributed by atoms with Crippen molar-refractivity contribution in [2.24, 2.45) is 0 Å². The molecule has 4 rings (SSSR count). The molecule has 0 saturated carbocycles. The number of aromatic nitrogens is 2. The Morgan fingerprint density at radius 3 is 2.53 bits per heavy atom. The van der Waals surface area contributed by atoms with Gasteiger partial charge in [-0.05, 0) is 42.7 Å². The zero-order valence-corrected chi connectivity index (χ0v) is 20.1. The van der Waals surface area contributed by atoms with Gasteiger partial charge in [0.1, 0.15) is 12.1 Å². The molecule has 1 heterocycles. The highest BCUT2D eigenvalue weighted by Crippen LogP contribution is 2.33. The molecule has 0 aliphatic rings. The number of nitrogens with zero attached hydrogens (tertiary/aromatic N) is 2. The van der Waals surface area contributed by atoms with Gasteiger partial charge in [0.25, 0.3) is 0 Å². The minimum atomic E-state index is -0.809. The molecule has 3 aromatic carbocycles. The maximum Gasteiger partial charge on any atom is 0.307 e. The molecule has 1 N–H and O–H groups in total. The van der Waals surface area contributed by atoms with Crippen LogP contribution in [0.5, 0.6) is 5.75 Å². The van der Waals surface area contributed by atoms with Crippen molar-refractivity contribution in [2.75, 3.05) is 12.4 Å². The topological polar surface area (TPSA) is 72.3 Å². The largest absolute Gasteiger partial charge is 0.493 e. The Kier molecular flexibility index (Phi) is 8.15. The van der Waals surface area contributed by atoms with Crippen molar-refractivity contribution in [2.45, 2.75) is 37.5 Å². The van der Waals surface area contributed by atoms with Gasteiger partial charge in [-0.3, -0.25) is 4.79 Å². The zero-order valence-electron chi connectivity index (χ0n) is 19.2. The predicted molar refractivity (Wildman–Crippen MR) is 138 cm³/mol. The van der Waals surface area contributed by atoms with Crippen molar-refractivity contribution in [3.8, 4) is 17.0 Å². The number of rotatable bonds is 11. The highest BCUT2D eigenvalue weighted by Gasteiger charge is 2.14. The van der Waals surface area contributed by atoms with Crippen LogP contribution in [0.4, 0.5) is 0 Å². The van der Waals surface area contributed by atoms with Crippen molar-refractivity contribution in [3.63, 3.8) is 0 Å². The molecule has 34 heavy (non-hydrogen) atoms. The molecule has 0 spiro atoms. The summed E-state index contributed by atoms with van der Waals surface area (Å²) in [6, 6.07) is 22.0. The van der Waals surface area contributed by atoms with Gasteiger partial charge in [0.05, 0.1) is 24.2 Å². The van der Waals surface area contributed by atoms with Crippen LogP contribution < -0.4 is 4.74 Å². The van der Waals surface area contributed by atoms with E-state index in [4.69, 9.17) is 9.84 Å². The van der Waals surface area contributed by atoms with E-state index in [2.05, 4.69) is 41.2 Å². The second-order valence-electron chi connectivity index (χ2n) is 8.04. The molecule has 0 unspecified atom stereocenters. The van der Waals surface area contributed by atoms with Crippen LogP contribution in [0.1, 0.15) is 30.9 Å². The van der Waals surface area contributed by atoms with Crippen LogP contribution >= 0.6 is 11.8 Å². The molecule has 0 atom stereocenters. The lowest BCUT2D eigenvalue weighted by molar-refractivity contribution is -0.136. The van der Waals surface area contributed by atoms with E-state index in [1.54, 1.807) is 18.1 Å². The summed E-state index contributed by atoms with van der Waals surface area (Å²) in [7, 11) is 0. The van der Waals surface area contributed by atoms with E-state index in [9.17, 15) is 4.79 Å². The fourth-order valence-corrected chi connectivity index (χ4v) is 4.76. The van der Waals surface area contributed by atoms with E-state index >= 15 is 0 Å². The van der Waals surface area contributed by atoms with E-state index in [1.807, 2.05) is 42.5 Å². The summed E-state index contributed by atoms with van der Waals surface area (Å²) in [5.41, 5.74) is 4.95. The van der Waals surface area contributed by atoms with Gasteiger partial charge in [-0.25, -0.2) is 9.97 Å². The Morgan fingerprint density at radius 2 is 1.79 bits per heavy atom. The van der Waals surface area contributed by atoms with Gasteiger partial charge in [-0.15, -0.1) is 11.8 Å². The normalized spacial score (nSPS) is 11.0. The van der Waals surface area contributed by atoms with Gasteiger partial charge >= 0.3 is 5.97 Å². The van der Waals surface area contributed by atoms with Crippen LogP contribution in [0, 0.1) is 0 Å². The number of fused-ring (bicyclic) bond motifs is 1. The van der Waals surface area contributed by atoms with Crippen LogP contribution in [0.15, 0.2) is 78.0 Å². The third-order valence-electron chi connectivity index (χ3n) is 5.51. The molecular formula is C28H28N2O3S. The van der Waals surface area contributed by atoms with Crippen LogP contribution in [-0.2, 0) is 17.6 Å². The first-order valence-corrected chi connectivity index (χ1v) is 12.5. The number of ether oxygens (including phenoxy) is 1. The minimum Gasteiger partial charge on any atom is -0.493 e. The van der Waals surface area contributed by atoms with E-state index in [-0.39, 0.29) is 6.42 Å². The monoisotopic (exact) mass is 472 g/mol. The molecule has 0 bridgehead atoms. The summed E-state index contributed by atoms with van der Waals surface area (Å²) in [6.45, 7) is 2.79. The maximum atomic E-state index is 10.8. The Hall–Kier alpha value is -3.38. The second-order valence-corrected chi connectivity index (χ2v) is 9.21. The quantitative estimate of drug-likeness (QED) is 0.200. The molecule has 0 radical (unpaired) electrons. The number of hydrogen-bond donors (Lipinski definition) is 1. The Labute approximate surface area is 204 Å². The molecule has 0 saturated heterocycles. The molecule has 1 aromatic heterocycles. The van der Waals surface area contributed by atoms with Crippen molar-refractivity contribution in [1.82, 2.24) is 9.97 Å². The lowest BCUT2D eigenvalue weighted by Crippen LogP contribution is -2.03. The van der Waals surface area contributed by atoms with Crippen LogP contribution in [0.2, 0.25) is 0 Å². The predicted octanol–water partition coefficient (Wildman–Crippen LogP) is 6.44. The number of carbonyl (C=O) groups is 1. The van der Waals surface area contributed by atoms with Crippen LogP contribution in [0.3, 0.4) is 0 Å². The average molecular weight is 473 g/mol. The minimum absolute atomic E-state index is 0.0579. The number of aryl methyl sites for hydroxylation is 1. The maximum absolute atomic E-state index is 10.8. The van der Waals surface area contributed by atoms with Gasteiger partial charge in [0.2, 0.25) is 0 Å². The summed E-state index contributed by atoms with van der Waals surface area (Å²) in [6.07, 6.45) is 4.52. The molecule has 0 fully saturated rings. The first-order valence-electron chi connectivity index (χ1n) is 11.5. The van der Waals surface area contributed by atoms with Crippen molar-refractivity contribution in [1.29, 1.82) is 0 Å². The fourth-order valence-electron chi connectivity index (χ4n) is 3.93. The Bertz CT molecular complexity index is 1240. The van der Waals surface area contributed by atoms with E-state index in [0.29, 0.717) is 6.61 Å². The number of thioether (sulfide) groups is 1. The van der Waals surface area contributed by atoms with Crippen molar-refractivity contribution >= 4 is 28.6 Å². The lowest BCUT2D eigenvalue weighted by atomic mass is 10.0. The first kappa shape index (κ1) is 23.8. The van der Waals surface area contributed by atoms with Gasteiger partial charge in [0.15, 0.2) is 0 Å². The Morgan fingerprint density at radius 1 is 1.00 bits per heavy atom. The highest BCUT2D eigenvalue weighted by atomic mass is 32.2. The van der Waals surface area contributed by atoms with Gasteiger partial charge in [0, 0.05) is 27.2 Å². The molecule has 5 nitrogen and oxygen atoms in total. The molecule has 0 amide bonds. The second kappa shape index (κ2) is 11.7. The summed E-state index contributed by atoms with van der Waals surface area (Å²) in [4.78, 5) is 21.1. The number of benzene rings is 3. The van der Waals surface area contributed by atoms with Crippen molar-refractivity contribution < 1.29 is 14.6 Å². The zero-order chi connectivity index (χ0) is 23.8. The SMILES string of the molecule is CCCc1c(OCCCSc2ccc(CC(=O)O)cc2)ccc2c(-c3ccccc3)ncnc12. The summed E-state index contributed by atoms with van der Waals surface area (Å²) in [5, 5.41) is 9.93.